The van der Waals surface area contributed by atoms with Crippen LogP contribution in [0.5, 0.6) is 0 Å². The Hall–Kier alpha value is -1.11. The average Bonchev–Trinajstić information content (AvgIpc) is 2.30. The maximum absolute atomic E-state index is 2.43. The van der Waals surface area contributed by atoms with Gasteiger partial charge in [0.05, 0.1) is 0 Å². The van der Waals surface area contributed by atoms with Gasteiger partial charge < -0.3 is 0 Å². The molecule has 2 rings (SSSR count). The van der Waals surface area contributed by atoms with Gasteiger partial charge >= 0.3 is 0 Å². The highest BCUT2D eigenvalue weighted by Gasteiger charge is 2.16. The van der Waals surface area contributed by atoms with Crippen molar-refractivity contribution in [2.24, 2.45) is 0 Å². The van der Waals surface area contributed by atoms with Crippen molar-refractivity contribution in [3.63, 3.8) is 0 Å². The molecule has 0 unspecified atom stereocenters. The van der Waals surface area contributed by atoms with Gasteiger partial charge in [0.2, 0.25) is 5.71 Å². The molecule has 0 radical (unpaired) electrons. The third kappa shape index (κ3) is 2.47. The van der Waals surface area contributed by atoms with Crippen LogP contribution in [0.4, 0.5) is 0 Å². The number of hydrogen-bond donors (Lipinski definition) is 0. The van der Waals surface area contributed by atoms with Crippen LogP contribution in [0.3, 0.4) is 0 Å². The summed E-state index contributed by atoms with van der Waals surface area (Å²) in [5, 5.41) is 0. The van der Waals surface area contributed by atoms with E-state index in [0.717, 1.165) is 0 Å². The molecule has 0 amide bonds. The Morgan fingerprint density at radius 2 is 2.07 bits per heavy atom. The highest BCUT2D eigenvalue weighted by molar-refractivity contribution is 6.05. The van der Waals surface area contributed by atoms with Crippen LogP contribution >= 0.6 is 0 Å². The fourth-order valence-electron chi connectivity index (χ4n) is 2.34. The second-order valence-electron chi connectivity index (χ2n) is 4.53. The van der Waals surface area contributed by atoms with Gasteiger partial charge in [-0.25, -0.2) is 4.58 Å². The molecule has 1 aliphatic heterocycles. The van der Waals surface area contributed by atoms with Gasteiger partial charge in [-0.2, -0.15) is 0 Å². The predicted molar refractivity (Wildman–Crippen MR) is 65.3 cm³/mol. The summed E-state index contributed by atoms with van der Waals surface area (Å²) in [6.07, 6.45) is 15.4. The molecule has 0 spiro atoms. The van der Waals surface area contributed by atoms with Gasteiger partial charge in [-0.1, -0.05) is 12.2 Å². The van der Waals surface area contributed by atoms with Gasteiger partial charge in [0, 0.05) is 11.6 Å². The van der Waals surface area contributed by atoms with Crippen LogP contribution in [-0.2, 0) is 0 Å². The highest BCUT2D eigenvalue weighted by Crippen LogP contribution is 2.19. The quantitative estimate of drug-likeness (QED) is 0.529. The van der Waals surface area contributed by atoms with E-state index in [-0.39, 0.29) is 0 Å². The Balaban J connectivity index is 2.44. The molecule has 0 fully saturated rings. The monoisotopic (exact) mass is 202 g/mol. The zero-order chi connectivity index (χ0) is 10.7. The first-order valence-corrected chi connectivity index (χ1v) is 5.90. The normalized spacial score (nSPS) is 22.3. The molecular formula is C14H20N+. The number of rotatable bonds is 0. The van der Waals surface area contributed by atoms with Gasteiger partial charge in [-0.15, -0.1) is 0 Å². The number of nitrogens with zero attached hydrogens (tertiary/aromatic N) is 1. The minimum atomic E-state index is 1.20. The smallest absolute Gasteiger partial charge is 0.201 e. The molecular weight excluding hydrogens is 182 g/mol. The lowest BCUT2D eigenvalue weighted by molar-refractivity contribution is -0.422. The Bertz CT molecular complexity index is 367. The van der Waals surface area contributed by atoms with Crippen LogP contribution in [0, 0.1) is 0 Å². The zero-order valence-corrected chi connectivity index (χ0v) is 9.79. The third-order valence-corrected chi connectivity index (χ3v) is 3.15. The van der Waals surface area contributed by atoms with Crippen molar-refractivity contribution in [3.05, 3.63) is 35.6 Å². The van der Waals surface area contributed by atoms with Crippen molar-refractivity contribution < 1.29 is 4.58 Å². The van der Waals surface area contributed by atoms with Crippen LogP contribution in [0.15, 0.2) is 35.6 Å². The molecule has 0 saturated heterocycles. The molecule has 0 saturated carbocycles. The molecule has 1 aliphatic carbocycles. The van der Waals surface area contributed by atoms with Crippen LogP contribution in [0.1, 0.15) is 39.0 Å². The van der Waals surface area contributed by atoms with Gasteiger partial charge in [-0.3, -0.25) is 0 Å². The van der Waals surface area contributed by atoms with Crippen molar-refractivity contribution in [1.82, 2.24) is 0 Å². The summed E-state index contributed by atoms with van der Waals surface area (Å²) >= 11 is 0. The second-order valence-corrected chi connectivity index (χ2v) is 4.53. The first-order chi connectivity index (χ1) is 7.27. The van der Waals surface area contributed by atoms with Crippen molar-refractivity contribution in [2.45, 2.75) is 39.0 Å². The van der Waals surface area contributed by atoms with Crippen LogP contribution in [0.25, 0.3) is 0 Å². The maximum atomic E-state index is 2.43. The second kappa shape index (κ2) is 4.61. The highest BCUT2D eigenvalue weighted by atomic mass is 15.0. The van der Waals surface area contributed by atoms with Crippen LogP contribution in [-0.4, -0.2) is 17.3 Å². The van der Waals surface area contributed by atoms with Gasteiger partial charge in [-0.05, 0) is 44.6 Å². The van der Waals surface area contributed by atoms with E-state index < -0.39 is 0 Å². The van der Waals surface area contributed by atoms with Gasteiger partial charge in [0.15, 0.2) is 6.20 Å². The lowest BCUT2D eigenvalue weighted by Crippen LogP contribution is -2.15. The van der Waals surface area contributed by atoms with E-state index in [2.05, 4.69) is 43.0 Å². The molecule has 1 heterocycles. The Labute approximate surface area is 92.5 Å². The Morgan fingerprint density at radius 3 is 2.93 bits per heavy atom. The van der Waals surface area contributed by atoms with Crippen molar-refractivity contribution in [1.29, 1.82) is 0 Å². The standard InChI is InChI=1S/C14H20N/c1-12-7-3-4-8-13-9-5-6-10-14(13)15(2)11-12/h6,8,10-11H,3-5,7,9H2,1-2H3/q+1. The van der Waals surface area contributed by atoms with E-state index in [1.54, 1.807) is 0 Å². The van der Waals surface area contributed by atoms with E-state index in [9.17, 15) is 0 Å². The molecule has 1 heteroatoms. The third-order valence-electron chi connectivity index (χ3n) is 3.15. The molecule has 1 nitrogen and oxygen atoms in total. The summed E-state index contributed by atoms with van der Waals surface area (Å²) < 4.78 is 2.28. The van der Waals surface area contributed by atoms with E-state index >= 15 is 0 Å². The molecule has 0 aromatic heterocycles. The molecule has 0 bridgehead atoms. The summed E-state index contributed by atoms with van der Waals surface area (Å²) in [4.78, 5) is 0. The van der Waals surface area contributed by atoms with E-state index in [0.29, 0.717) is 0 Å². The molecule has 0 N–H and O–H groups in total. The lowest BCUT2D eigenvalue weighted by atomic mass is 9.97. The first kappa shape index (κ1) is 10.4. The summed E-state index contributed by atoms with van der Waals surface area (Å²) in [5.41, 5.74) is 4.41. The van der Waals surface area contributed by atoms with E-state index in [1.165, 1.54) is 49.0 Å². The molecule has 0 aromatic rings. The summed E-state index contributed by atoms with van der Waals surface area (Å²) in [6, 6.07) is 0. The fourth-order valence-corrected chi connectivity index (χ4v) is 2.34. The maximum Gasteiger partial charge on any atom is 0.207 e. The topological polar surface area (TPSA) is 3.01 Å². The largest absolute Gasteiger partial charge is 0.207 e. The summed E-state index contributed by atoms with van der Waals surface area (Å²) in [7, 11) is 2.16. The predicted octanol–water partition coefficient (Wildman–Crippen LogP) is 3.43. The Morgan fingerprint density at radius 1 is 1.20 bits per heavy atom. The molecule has 0 aromatic carbocycles. The summed E-state index contributed by atoms with van der Waals surface area (Å²) in [6.45, 7) is 2.23. The molecule has 15 heavy (non-hydrogen) atoms. The van der Waals surface area contributed by atoms with Crippen molar-refractivity contribution in [3.8, 4) is 0 Å². The molecule has 80 valence electrons. The van der Waals surface area contributed by atoms with Crippen LogP contribution in [0.2, 0.25) is 0 Å². The molecule has 0 atom stereocenters. The van der Waals surface area contributed by atoms with Crippen LogP contribution < -0.4 is 0 Å². The van der Waals surface area contributed by atoms with Gasteiger partial charge in [0.1, 0.15) is 7.05 Å². The number of hydrogen-bond acceptors (Lipinski definition) is 0. The summed E-state index contributed by atoms with van der Waals surface area (Å²) in [5.74, 6) is 0. The minimum absolute atomic E-state index is 1.20. The van der Waals surface area contributed by atoms with E-state index in [1.807, 2.05) is 0 Å². The minimum Gasteiger partial charge on any atom is -0.201 e. The van der Waals surface area contributed by atoms with Crippen molar-refractivity contribution in [2.75, 3.05) is 7.05 Å². The number of fused-ring (bicyclic) bond motifs is 1. The first-order valence-electron chi connectivity index (χ1n) is 5.90. The number of allylic oxidation sites excluding steroid dienone is 5. The zero-order valence-electron chi connectivity index (χ0n) is 9.79. The average molecular weight is 202 g/mol. The molecule has 2 aliphatic rings. The lowest BCUT2D eigenvalue weighted by Gasteiger charge is -2.08. The SMILES string of the molecule is CC1=C[N+](C)=C2C=CCCC2=CCCC1. The Kier molecular flexibility index (Phi) is 3.20. The van der Waals surface area contributed by atoms with Gasteiger partial charge in [0.25, 0.3) is 0 Å². The van der Waals surface area contributed by atoms with Crippen molar-refractivity contribution >= 4 is 5.71 Å². The van der Waals surface area contributed by atoms with E-state index in [4.69, 9.17) is 0 Å². The fraction of sp³-hybridized carbons (Fsp3) is 0.500.